The molecule has 2 aromatic rings. The van der Waals surface area contributed by atoms with Crippen molar-refractivity contribution >= 4 is 39.3 Å². The van der Waals surface area contributed by atoms with Gasteiger partial charge in [-0.2, -0.15) is 5.10 Å². The van der Waals surface area contributed by atoms with Gasteiger partial charge in [0, 0.05) is 10.5 Å². The zero-order chi connectivity index (χ0) is 15.5. The van der Waals surface area contributed by atoms with Crippen molar-refractivity contribution in [3.8, 4) is 0 Å². The molecule has 116 valence electrons. The number of carbonyl (C=O) groups excluding carboxylic acids is 1. The molecule has 1 saturated carbocycles. The molecule has 6 heteroatoms. The summed E-state index contributed by atoms with van der Waals surface area (Å²) in [4.78, 5) is 12.5. The Balaban J connectivity index is 1.80. The number of rotatable bonds is 3. The van der Waals surface area contributed by atoms with Crippen LogP contribution < -0.4 is 5.32 Å². The second-order valence-corrected chi connectivity index (χ2v) is 6.85. The SMILES string of the molecule is O=C(Nc1ccnn1C1CCCCC1)c1cc(Br)ccc1Cl. The molecule has 3 rings (SSSR count). The third-order valence-corrected chi connectivity index (χ3v) is 4.83. The van der Waals surface area contributed by atoms with E-state index in [1.165, 1.54) is 19.3 Å². The van der Waals surface area contributed by atoms with Crippen molar-refractivity contribution < 1.29 is 4.79 Å². The van der Waals surface area contributed by atoms with E-state index in [9.17, 15) is 4.79 Å². The van der Waals surface area contributed by atoms with E-state index in [1.807, 2.05) is 16.8 Å². The van der Waals surface area contributed by atoms with Crippen LogP contribution in [0, 0.1) is 0 Å². The molecule has 1 N–H and O–H groups in total. The molecular weight excluding hydrogens is 366 g/mol. The largest absolute Gasteiger partial charge is 0.307 e. The van der Waals surface area contributed by atoms with E-state index in [0.29, 0.717) is 16.6 Å². The second kappa shape index (κ2) is 6.84. The average Bonchev–Trinajstić information content (AvgIpc) is 2.98. The van der Waals surface area contributed by atoms with Crippen LogP contribution in [0.1, 0.15) is 48.5 Å². The lowest BCUT2D eigenvalue weighted by atomic mass is 9.96. The van der Waals surface area contributed by atoms with Gasteiger partial charge >= 0.3 is 0 Å². The Morgan fingerprint density at radius 3 is 2.82 bits per heavy atom. The highest BCUT2D eigenvalue weighted by Crippen LogP contribution is 2.30. The first-order valence-corrected chi connectivity index (χ1v) is 8.62. The number of hydrogen-bond acceptors (Lipinski definition) is 2. The summed E-state index contributed by atoms with van der Waals surface area (Å²) in [6.45, 7) is 0. The van der Waals surface area contributed by atoms with Crippen LogP contribution in [0.4, 0.5) is 5.82 Å². The number of halogens is 2. The highest BCUT2D eigenvalue weighted by atomic mass is 79.9. The zero-order valence-corrected chi connectivity index (χ0v) is 14.4. The van der Waals surface area contributed by atoms with Crippen LogP contribution in [-0.2, 0) is 0 Å². The quantitative estimate of drug-likeness (QED) is 0.807. The lowest BCUT2D eigenvalue weighted by Crippen LogP contribution is -2.20. The topological polar surface area (TPSA) is 46.9 Å². The molecule has 4 nitrogen and oxygen atoms in total. The van der Waals surface area contributed by atoms with Crippen LogP contribution in [0.15, 0.2) is 34.9 Å². The Bertz CT molecular complexity index is 680. The van der Waals surface area contributed by atoms with E-state index in [0.717, 1.165) is 23.1 Å². The fourth-order valence-corrected chi connectivity index (χ4v) is 3.45. The minimum Gasteiger partial charge on any atom is -0.307 e. The molecule has 1 aliphatic rings. The van der Waals surface area contributed by atoms with Gasteiger partial charge in [-0.05, 0) is 31.0 Å². The molecule has 0 atom stereocenters. The van der Waals surface area contributed by atoms with Gasteiger partial charge in [0.15, 0.2) is 0 Å². The molecule has 1 fully saturated rings. The summed E-state index contributed by atoms with van der Waals surface area (Å²) in [5, 5.41) is 7.75. The molecule has 1 aliphatic carbocycles. The third kappa shape index (κ3) is 3.36. The van der Waals surface area contributed by atoms with Crippen LogP contribution in [0.5, 0.6) is 0 Å². The molecule has 0 aliphatic heterocycles. The van der Waals surface area contributed by atoms with Gasteiger partial charge < -0.3 is 5.32 Å². The molecule has 22 heavy (non-hydrogen) atoms. The summed E-state index contributed by atoms with van der Waals surface area (Å²) >= 11 is 9.48. The minimum absolute atomic E-state index is 0.219. The van der Waals surface area contributed by atoms with E-state index in [2.05, 4.69) is 26.3 Å². The molecule has 0 radical (unpaired) electrons. The van der Waals surface area contributed by atoms with Gasteiger partial charge in [0.1, 0.15) is 5.82 Å². The molecular formula is C16H17BrClN3O. The van der Waals surface area contributed by atoms with Gasteiger partial charge in [0.05, 0.1) is 22.8 Å². The van der Waals surface area contributed by atoms with Crippen molar-refractivity contribution in [3.05, 3.63) is 45.5 Å². The van der Waals surface area contributed by atoms with E-state index < -0.39 is 0 Å². The smallest absolute Gasteiger partial charge is 0.258 e. The van der Waals surface area contributed by atoms with E-state index in [1.54, 1.807) is 18.3 Å². The highest BCUT2D eigenvalue weighted by Gasteiger charge is 2.20. The number of nitrogens with zero attached hydrogens (tertiary/aromatic N) is 2. The van der Waals surface area contributed by atoms with Crippen molar-refractivity contribution in [2.75, 3.05) is 5.32 Å². The van der Waals surface area contributed by atoms with Crippen molar-refractivity contribution in [1.82, 2.24) is 9.78 Å². The second-order valence-electron chi connectivity index (χ2n) is 5.53. The lowest BCUT2D eigenvalue weighted by molar-refractivity contribution is 0.102. The van der Waals surface area contributed by atoms with Gasteiger partial charge in [0.2, 0.25) is 0 Å². The Morgan fingerprint density at radius 1 is 1.27 bits per heavy atom. The highest BCUT2D eigenvalue weighted by molar-refractivity contribution is 9.10. The molecule has 0 saturated heterocycles. The normalized spacial score (nSPS) is 15.7. The van der Waals surface area contributed by atoms with Gasteiger partial charge in [-0.15, -0.1) is 0 Å². The van der Waals surface area contributed by atoms with Gasteiger partial charge in [-0.3, -0.25) is 4.79 Å². The lowest BCUT2D eigenvalue weighted by Gasteiger charge is -2.24. The molecule has 0 unspecified atom stereocenters. The molecule has 1 amide bonds. The van der Waals surface area contributed by atoms with E-state index in [-0.39, 0.29) is 5.91 Å². The Morgan fingerprint density at radius 2 is 2.05 bits per heavy atom. The summed E-state index contributed by atoms with van der Waals surface area (Å²) in [5.41, 5.74) is 0.451. The number of benzene rings is 1. The molecule has 0 bridgehead atoms. The van der Waals surface area contributed by atoms with Crippen LogP contribution in [0.2, 0.25) is 5.02 Å². The summed E-state index contributed by atoms with van der Waals surface area (Å²) in [6, 6.07) is 7.44. The minimum atomic E-state index is -0.219. The van der Waals surface area contributed by atoms with Crippen LogP contribution in [0.25, 0.3) is 0 Å². The predicted octanol–water partition coefficient (Wildman–Crippen LogP) is 5.06. The molecule has 1 aromatic carbocycles. The first-order valence-electron chi connectivity index (χ1n) is 7.45. The number of carbonyl (C=O) groups is 1. The Kier molecular flexibility index (Phi) is 4.84. The maximum atomic E-state index is 12.5. The van der Waals surface area contributed by atoms with Crippen molar-refractivity contribution in [2.24, 2.45) is 0 Å². The molecule has 0 spiro atoms. The third-order valence-electron chi connectivity index (χ3n) is 4.01. The molecule has 1 heterocycles. The van der Waals surface area contributed by atoms with Gasteiger partial charge in [-0.25, -0.2) is 4.68 Å². The Labute approximate surface area is 143 Å². The number of aromatic nitrogens is 2. The summed E-state index contributed by atoms with van der Waals surface area (Å²) in [5.74, 6) is 0.511. The standard InChI is InChI=1S/C16H17BrClN3O/c17-11-6-7-14(18)13(10-11)16(22)20-15-8-9-19-21(15)12-4-2-1-3-5-12/h6-10,12H,1-5H2,(H,20,22). The van der Waals surface area contributed by atoms with E-state index >= 15 is 0 Å². The van der Waals surface area contributed by atoms with Crippen LogP contribution >= 0.6 is 27.5 Å². The summed E-state index contributed by atoms with van der Waals surface area (Å²) in [7, 11) is 0. The van der Waals surface area contributed by atoms with Crippen LogP contribution in [0.3, 0.4) is 0 Å². The average molecular weight is 383 g/mol. The van der Waals surface area contributed by atoms with Crippen molar-refractivity contribution in [1.29, 1.82) is 0 Å². The number of hydrogen-bond donors (Lipinski definition) is 1. The first kappa shape index (κ1) is 15.6. The maximum Gasteiger partial charge on any atom is 0.258 e. The Hall–Kier alpha value is -1.33. The van der Waals surface area contributed by atoms with Crippen molar-refractivity contribution in [3.63, 3.8) is 0 Å². The monoisotopic (exact) mass is 381 g/mol. The fourth-order valence-electron chi connectivity index (χ4n) is 2.89. The van der Waals surface area contributed by atoms with Crippen LogP contribution in [-0.4, -0.2) is 15.7 Å². The number of anilines is 1. The maximum absolute atomic E-state index is 12.5. The zero-order valence-electron chi connectivity index (χ0n) is 12.1. The first-order chi connectivity index (χ1) is 10.6. The predicted molar refractivity (Wildman–Crippen MR) is 91.5 cm³/mol. The number of amides is 1. The summed E-state index contributed by atoms with van der Waals surface area (Å²) < 4.78 is 2.76. The molecule has 1 aromatic heterocycles. The fraction of sp³-hybridized carbons (Fsp3) is 0.375. The number of nitrogens with one attached hydrogen (secondary N) is 1. The van der Waals surface area contributed by atoms with E-state index in [4.69, 9.17) is 11.6 Å². The van der Waals surface area contributed by atoms with Crippen molar-refractivity contribution in [2.45, 2.75) is 38.1 Å². The van der Waals surface area contributed by atoms with Gasteiger partial charge in [0.25, 0.3) is 5.91 Å². The van der Waals surface area contributed by atoms with Gasteiger partial charge in [-0.1, -0.05) is 46.8 Å². The summed E-state index contributed by atoms with van der Waals surface area (Å²) in [6.07, 6.45) is 7.68.